The Kier molecular flexibility index (Phi) is 5.52. The fourth-order valence-electron chi connectivity index (χ4n) is 2.36. The lowest BCUT2D eigenvalue weighted by Gasteiger charge is -2.11. The van der Waals surface area contributed by atoms with Crippen LogP contribution in [0, 0.1) is 0 Å². The van der Waals surface area contributed by atoms with Crippen LogP contribution in [0.1, 0.15) is 12.0 Å². The van der Waals surface area contributed by atoms with Crippen molar-refractivity contribution in [3.63, 3.8) is 0 Å². The lowest BCUT2D eigenvalue weighted by atomic mass is 10.1. The highest BCUT2D eigenvalue weighted by Crippen LogP contribution is 2.32. The second-order valence-corrected chi connectivity index (χ2v) is 6.17. The minimum absolute atomic E-state index is 0.462. The molecule has 1 heterocycles. The molecule has 0 saturated heterocycles. The van der Waals surface area contributed by atoms with Gasteiger partial charge in [-0.3, -0.25) is 0 Å². The highest BCUT2D eigenvalue weighted by Gasteiger charge is 2.29. The first-order valence-corrected chi connectivity index (χ1v) is 8.80. The summed E-state index contributed by atoms with van der Waals surface area (Å²) < 4.78 is 38.0. The van der Waals surface area contributed by atoms with Crippen LogP contribution in [0.5, 0.6) is 0 Å². The second kappa shape index (κ2) is 7.83. The molecule has 9 heteroatoms. The maximum Gasteiger partial charge on any atom is 0.416 e. The minimum Gasteiger partial charge on any atom is -0.355 e. The number of rotatable bonds is 6. The third-order valence-electron chi connectivity index (χ3n) is 3.67. The zero-order valence-corrected chi connectivity index (χ0v) is 14.9. The summed E-state index contributed by atoms with van der Waals surface area (Å²) >= 11 is 0. The largest absolute Gasteiger partial charge is 0.416 e. The van der Waals surface area contributed by atoms with Crippen molar-refractivity contribution in [2.75, 3.05) is 11.5 Å². The van der Waals surface area contributed by atoms with Crippen molar-refractivity contribution < 1.29 is 13.2 Å². The number of anilines is 2. The van der Waals surface area contributed by atoms with Crippen molar-refractivity contribution in [3.05, 3.63) is 54.1 Å². The molecule has 3 rings (SSSR count). The Hall–Kier alpha value is -2.47. The molecular weight excluding hydrogens is 362 g/mol. The van der Waals surface area contributed by atoms with Gasteiger partial charge in [0.05, 0.1) is 12.1 Å². The summed E-state index contributed by atoms with van der Waals surface area (Å²) in [5, 5.41) is 15.6. The number of benzene rings is 2. The van der Waals surface area contributed by atoms with Crippen molar-refractivity contribution in [2.24, 2.45) is 0 Å². The van der Waals surface area contributed by atoms with Gasteiger partial charge in [-0.15, -0.1) is 19.4 Å². The van der Waals surface area contributed by atoms with E-state index < -0.39 is 11.7 Å². The van der Waals surface area contributed by atoms with Crippen LogP contribution in [0.2, 0.25) is 0 Å². The number of nitrogens with one attached hydrogen (secondary N) is 1. The van der Waals surface area contributed by atoms with Crippen molar-refractivity contribution in [3.8, 4) is 11.4 Å². The van der Waals surface area contributed by atoms with Gasteiger partial charge in [0, 0.05) is 16.9 Å². The molecule has 0 fully saturated rings. The molecule has 1 atom stereocenters. The number of hydrogen-bond acceptors (Lipinski definition) is 4. The van der Waals surface area contributed by atoms with Gasteiger partial charge in [0.1, 0.15) is 0 Å². The van der Waals surface area contributed by atoms with E-state index in [-0.39, 0.29) is 0 Å². The first kappa shape index (κ1) is 18.3. The zero-order chi connectivity index (χ0) is 18.6. The van der Waals surface area contributed by atoms with E-state index in [0.29, 0.717) is 23.7 Å². The lowest BCUT2D eigenvalue weighted by molar-refractivity contribution is -0.137. The Morgan fingerprint density at radius 2 is 1.77 bits per heavy atom. The quantitative estimate of drug-likeness (QED) is 0.647. The van der Waals surface area contributed by atoms with Crippen molar-refractivity contribution >= 4 is 20.6 Å². The van der Waals surface area contributed by atoms with E-state index in [2.05, 4.69) is 30.0 Å². The number of para-hydroxylation sites is 1. The molecule has 2 aromatic carbocycles. The van der Waals surface area contributed by atoms with Gasteiger partial charge in [0.25, 0.3) is 0 Å². The number of hydrogen-bond donors (Lipinski definition) is 1. The first-order valence-electron chi connectivity index (χ1n) is 7.99. The number of alkyl halides is 3. The van der Waals surface area contributed by atoms with E-state index in [1.165, 1.54) is 16.9 Å². The molecule has 0 bridgehead atoms. The van der Waals surface area contributed by atoms with Crippen LogP contribution in [0.15, 0.2) is 48.5 Å². The average Bonchev–Trinajstić information content (AvgIpc) is 3.09. The minimum atomic E-state index is -4.35. The molecule has 0 spiro atoms. The van der Waals surface area contributed by atoms with E-state index in [4.69, 9.17) is 0 Å². The molecule has 3 aromatic rings. The molecule has 0 aliphatic rings. The van der Waals surface area contributed by atoms with Crippen LogP contribution >= 0.6 is 9.24 Å². The van der Waals surface area contributed by atoms with Gasteiger partial charge < -0.3 is 5.32 Å². The number of tetrazole rings is 1. The molecule has 0 amide bonds. The predicted molar refractivity (Wildman–Crippen MR) is 97.2 cm³/mol. The van der Waals surface area contributed by atoms with Gasteiger partial charge >= 0.3 is 6.18 Å². The maximum absolute atomic E-state index is 12.7. The highest BCUT2D eigenvalue weighted by atomic mass is 31.0. The predicted octanol–water partition coefficient (Wildman–Crippen LogP) is 4.37. The third kappa shape index (κ3) is 4.38. The van der Waals surface area contributed by atoms with Gasteiger partial charge in [-0.2, -0.15) is 18.0 Å². The molecular formula is C17H17F3N5P. The summed E-state index contributed by atoms with van der Waals surface area (Å²) in [6.07, 6.45) is -2.48. The number of aromatic nitrogens is 4. The molecule has 0 radical (unpaired) electrons. The van der Waals surface area contributed by atoms with Gasteiger partial charge in [0.15, 0.2) is 0 Å². The monoisotopic (exact) mass is 379 g/mol. The maximum atomic E-state index is 12.7. The second-order valence-electron chi connectivity index (χ2n) is 5.60. The Balaban J connectivity index is 1.82. The summed E-state index contributed by atoms with van der Waals surface area (Å²) in [6, 6.07) is 12.2. The van der Waals surface area contributed by atoms with Crippen molar-refractivity contribution in [1.82, 2.24) is 20.2 Å². The Morgan fingerprint density at radius 3 is 2.46 bits per heavy atom. The van der Waals surface area contributed by atoms with Crippen LogP contribution in [0.4, 0.5) is 24.5 Å². The fraction of sp³-hybridized carbons (Fsp3) is 0.235. The lowest BCUT2D eigenvalue weighted by Crippen LogP contribution is -2.04. The fourth-order valence-corrected chi connectivity index (χ4v) is 2.55. The van der Waals surface area contributed by atoms with Gasteiger partial charge in [-0.25, -0.2) is 0 Å². The van der Waals surface area contributed by atoms with Crippen LogP contribution in [-0.2, 0) is 12.7 Å². The summed E-state index contributed by atoms with van der Waals surface area (Å²) in [5.41, 5.74) is 1.28. The van der Waals surface area contributed by atoms with E-state index in [1.807, 2.05) is 24.3 Å². The third-order valence-corrected chi connectivity index (χ3v) is 4.08. The highest BCUT2D eigenvalue weighted by molar-refractivity contribution is 7.16. The summed E-state index contributed by atoms with van der Waals surface area (Å²) in [7, 11) is 2.65. The van der Waals surface area contributed by atoms with Gasteiger partial charge in [0.2, 0.25) is 5.82 Å². The molecule has 1 N–H and O–H groups in total. The van der Waals surface area contributed by atoms with Gasteiger partial charge in [-0.1, -0.05) is 12.1 Å². The molecule has 0 aliphatic heterocycles. The standard InChI is InChI=1S/C17H17F3N5P/c18-17(19,20)12-6-8-13(9-7-12)21-15-5-2-1-4-14(15)16-22-24-25(23-16)10-3-11-26/h1-2,4-9,21H,3,10-11,26H2. The van der Waals surface area contributed by atoms with Crippen LogP contribution < -0.4 is 5.32 Å². The topological polar surface area (TPSA) is 55.6 Å². The molecule has 5 nitrogen and oxygen atoms in total. The van der Waals surface area contributed by atoms with Crippen LogP contribution in [-0.4, -0.2) is 26.4 Å². The zero-order valence-electron chi connectivity index (χ0n) is 13.7. The van der Waals surface area contributed by atoms with Crippen molar-refractivity contribution in [1.29, 1.82) is 0 Å². The molecule has 136 valence electrons. The van der Waals surface area contributed by atoms with Crippen LogP contribution in [0.25, 0.3) is 11.4 Å². The molecule has 0 aliphatic carbocycles. The van der Waals surface area contributed by atoms with E-state index in [0.717, 1.165) is 30.3 Å². The van der Waals surface area contributed by atoms with E-state index in [9.17, 15) is 13.2 Å². The Morgan fingerprint density at radius 1 is 1.04 bits per heavy atom. The SMILES string of the molecule is FC(F)(F)c1ccc(Nc2ccccc2-c2nnn(CCCP)n2)cc1. The average molecular weight is 379 g/mol. The summed E-state index contributed by atoms with van der Waals surface area (Å²) in [5.74, 6) is 0.462. The number of aryl methyl sites for hydroxylation is 1. The van der Waals surface area contributed by atoms with E-state index >= 15 is 0 Å². The summed E-state index contributed by atoms with van der Waals surface area (Å²) in [6.45, 7) is 0.672. The molecule has 1 unspecified atom stereocenters. The van der Waals surface area contributed by atoms with Gasteiger partial charge in [-0.05, 0) is 54.2 Å². The first-order chi connectivity index (χ1) is 12.5. The number of nitrogens with zero attached hydrogens (tertiary/aromatic N) is 4. The Labute approximate surface area is 150 Å². The normalized spacial score (nSPS) is 11.5. The van der Waals surface area contributed by atoms with Crippen LogP contribution in [0.3, 0.4) is 0 Å². The Bertz CT molecular complexity index is 861. The van der Waals surface area contributed by atoms with Crippen molar-refractivity contribution in [2.45, 2.75) is 19.1 Å². The molecule has 1 aromatic heterocycles. The number of halogens is 3. The molecule has 26 heavy (non-hydrogen) atoms. The summed E-state index contributed by atoms with van der Waals surface area (Å²) in [4.78, 5) is 1.54. The van der Waals surface area contributed by atoms with E-state index in [1.54, 1.807) is 0 Å². The molecule has 0 saturated carbocycles. The smallest absolute Gasteiger partial charge is 0.355 e.